The second kappa shape index (κ2) is 6.12. The molecule has 0 aromatic rings. The molecule has 2 unspecified atom stereocenters. The standard InChI is InChI=1S/C7H13O4/c1-6(9-2)4-7(10-3)11-5-8/h6-7H,4H2,1-3H3. The van der Waals surface area contributed by atoms with E-state index in [9.17, 15) is 4.79 Å². The van der Waals surface area contributed by atoms with Crippen molar-refractivity contribution in [2.24, 2.45) is 0 Å². The van der Waals surface area contributed by atoms with Crippen molar-refractivity contribution in [3.8, 4) is 0 Å². The highest BCUT2D eigenvalue weighted by atomic mass is 16.7. The molecule has 65 valence electrons. The molecule has 0 spiro atoms. The maximum Gasteiger partial charge on any atom is 0.419 e. The zero-order chi connectivity index (χ0) is 8.69. The van der Waals surface area contributed by atoms with Gasteiger partial charge in [0.2, 0.25) is 6.29 Å². The van der Waals surface area contributed by atoms with Crippen molar-refractivity contribution in [3.05, 3.63) is 0 Å². The lowest BCUT2D eigenvalue weighted by molar-refractivity contribution is -0.0907. The van der Waals surface area contributed by atoms with Crippen LogP contribution in [0.4, 0.5) is 0 Å². The Hall–Kier alpha value is -0.610. The molecule has 11 heavy (non-hydrogen) atoms. The largest absolute Gasteiger partial charge is 0.427 e. The lowest BCUT2D eigenvalue weighted by atomic mass is 10.3. The summed E-state index contributed by atoms with van der Waals surface area (Å²) in [7, 11) is 3.05. The average molecular weight is 161 g/mol. The summed E-state index contributed by atoms with van der Waals surface area (Å²) in [5.74, 6) is 0. The molecule has 2 atom stereocenters. The van der Waals surface area contributed by atoms with Crippen LogP contribution in [0.25, 0.3) is 0 Å². The van der Waals surface area contributed by atoms with Crippen LogP contribution in [0.15, 0.2) is 0 Å². The molecule has 0 aliphatic heterocycles. The summed E-state index contributed by atoms with van der Waals surface area (Å²) >= 11 is 0. The Morgan fingerprint density at radius 2 is 2.00 bits per heavy atom. The van der Waals surface area contributed by atoms with Gasteiger partial charge in [-0.05, 0) is 6.92 Å². The van der Waals surface area contributed by atoms with Crippen LogP contribution in [0, 0.1) is 0 Å². The van der Waals surface area contributed by atoms with E-state index < -0.39 is 6.29 Å². The topological polar surface area (TPSA) is 44.8 Å². The first kappa shape index (κ1) is 10.4. The fraction of sp³-hybridized carbons (Fsp3) is 0.857. The van der Waals surface area contributed by atoms with Crippen molar-refractivity contribution in [2.45, 2.75) is 25.7 Å². The summed E-state index contributed by atoms with van der Waals surface area (Å²) in [6.07, 6.45) is -0.0295. The van der Waals surface area contributed by atoms with Crippen molar-refractivity contribution in [1.82, 2.24) is 0 Å². The fourth-order valence-corrected chi connectivity index (χ4v) is 0.613. The molecule has 0 N–H and O–H groups in total. The maximum absolute atomic E-state index is 9.78. The first-order valence-corrected chi connectivity index (χ1v) is 3.33. The van der Waals surface area contributed by atoms with E-state index in [2.05, 4.69) is 4.74 Å². The zero-order valence-electron chi connectivity index (χ0n) is 6.99. The van der Waals surface area contributed by atoms with Gasteiger partial charge in [0.15, 0.2) is 0 Å². The summed E-state index contributed by atoms with van der Waals surface area (Å²) < 4.78 is 14.2. The van der Waals surface area contributed by atoms with Gasteiger partial charge in [-0.25, -0.2) is 4.79 Å². The number of rotatable bonds is 6. The van der Waals surface area contributed by atoms with Crippen LogP contribution in [-0.4, -0.2) is 33.1 Å². The third kappa shape index (κ3) is 4.75. The Morgan fingerprint density at radius 1 is 1.36 bits per heavy atom. The Kier molecular flexibility index (Phi) is 5.78. The number of methoxy groups -OCH3 is 2. The van der Waals surface area contributed by atoms with Crippen molar-refractivity contribution in [1.29, 1.82) is 0 Å². The van der Waals surface area contributed by atoms with E-state index in [1.54, 1.807) is 7.11 Å². The molecule has 0 aliphatic rings. The minimum atomic E-state index is -0.553. The predicted octanol–water partition coefficient (Wildman–Crippen LogP) is 0.468. The molecule has 0 rings (SSSR count). The summed E-state index contributed by atoms with van der Waals surface area (Å²) in [6.45, 7) is 3.18. The van der Waals surface area contributed by atoms with Gasteiger partial charge in [0.05, 0.1) is 6.10 Å². The van der Waals surface area contributed by atoms with Crippen molar-refractivity contribution in [3.63, 3.8) is 0 Å². The van der Waals surface area contributed by atoms with Gasteiger partial charge in [-0.1, -0.05) is 0 Å². The molecule has 4 nitrogen and oxygen atoms in total. The van der Waals surface area contributed by atoms with Gasteiger partial charge in [0, 0.05) is 20.6 Å². The van der Waals surface area contributed by atoms with Gasteiger partial charge in [-0.2, -0.15) is 0 Å². The predicted molar refractivity (Wildman–Crippen MR) is 38.7 cm³/mol. The van der Waals surface area contributed by atoms with Crippen LogP contribution >= 0.6 is 0 Å². The Labute approximate surface area is 66.4 Å². The van der Waals surface area contributed by atoms with Gasteiger partial charge in [-0.3, -0.25) is 0 Å². The molecule has 0 bridgehead atoms. The average Bonchev–Trinajstić information content (AvgIpc) is 2.03. The van der Waals surface area contributed by atoms with E-state index >= 15 is 0 Å². The van der Waals surface area contributed by atoms with Crippen LogP contribution in [0.5, 0.6) is 0 Å². The number of hydrogen-bond acceptors (Lipinski definition) is 4. The summed E-state index contributed by atoms with van der Waals surface area (Å²) in [5, 5.41) is 0. The quantitative estimate of drug-likeness (QED) is 0.531. The monoisotopic (exact) mass is 161 g/mol. The zero-order valence-corrected chi connectivity index (χ0v) is 6.99. The van der Waals surface area contributed by atoms with Crippen LogP contribution in [-0.2, 0) is 19.0 Å². The van der Waals surface area contributed by atoms with E-state index in [1.165, 1.54) is 13.6 Å². The summed E-state index contributed by atoms with van der Waals surface area (Å²) in [4.78, 5) is 9.78. The van der Waals surface area contributed by atoms with E-state index in [0.29, 0.717) is 6.42 Å². The number of hydrogen-bond donors (Lipinski definition) is 0. The van der Waals surface area contributed by atoms with E-state index in [1.807, 2.05) is 6.92 Å². The highest BCUT2D eigenvalue weighted by Crippen LogP contribution is 2.04. The SMILES string of the molecule is COC(C)CC(OC)O[C]=O. The Bertz CT molecular complexity index is 105. The van der Waals surface area contributed by atoms with Gasteiger partial charge in [0.1, 0.15) is 0 Å². The maximum atomic E-state index is 9.78. The normalized spacial score (nSPS) is 15.5. The van der Waals surface area contributed by atoms with E-state index in [4.69, 9.17) is 9.47 Å². The minimum Gasteiger partial charge on any atom is -0.427 e. The lowest BCUT2D eigenvalue weighted by Crippen LogP contribution is -2.21. The third-order valence-corrected chi connectivity index (χ3v) is 1.37. The van der Waals surface area contributed by atoms with Crippen molar-refractivity contribution in [2.75, 3.05) is 14.2 Å². The van der Waals surface area contributed by atoms with Crippen LogP contribution < -0.4 is 0 Å². The molecule has 0 saturated carbocycles. The van der Waals surface area contributed by atoms with Gasteiger partial charge in [0.25, 0.3) is 0 Å². The number of carbonyl (C=O) groups excluding carboxylic acids is 1. The highest BCUT2D eigenvalue weighted by molar-refractivity contribution is 5.38. The Balaban J connectivity index is 3.57. The third-order valence-electron chi connectivity index (χ3n) is 1.37. The first-order chi connectivity index (χ1) is 5.24. The molecule has 0 aromatic carbocycles. The van der Waals surface area contributed by atoms with Crippen LogP contribution in [0.2, 0.25) is 0 Å². The molecule has 0 fully saturated rings. The molecule has 1 radical (unpaired) electrons. The van der Waals surface area contributed by atoms with Gasteiger partial charge in [-0.15, -0.1) is 0 Å². The van der Waals surface area contributed by atoms with Crippen LogP contribution in [0.1, 0.15) is 13.3 Å². The summed E-state index contributed by atoms with van der Waals surface area (Å²) in [5.41, 5.74) is 0. The molecule has 4 heteroatoms. The molecule has 0 aromatic heterocycles. The summed E-state index contributed by atoms with van der Waals surface area (Å²) in [6, 6.07) is 0. The second-order valence-electron chi connectivity index (χ2n) is 2.15. The molecule has 0 amide bonds. The van der Waals surface area contributed by atoms with Gasteiger partial charge < -0.3 is 14.2 Å². The van der Waals surface area contributed by atoms with Crippen molar-refractivity contribution < 1.29 is 19.0 Å². The van der Waals surface area contributed by atoms with Gasteiger partial charge >= 0.3 is 6.47 Å². The minimum absolute atomic E-state index is 0.00769. The Morgan fingerprint density at radius 3 is 2.36 bits per heavy atom. The smallest absolute Gasteiger partial charge is 0.419 e. The first-order valence-electron chi connectivity index (χ1n) is 3.33. The highest BCUT2D eigenvalue weighted by Gasteiger charge is 2.12. The number of ether oxygens (including phenoxy) is 3. The second-order valence-corrected chi connectivity index (χ2v) is 2.15. The molecule has 0 heterocycles. The molecular weight excluding hydrogens is 148 g/mol. The molecular formula is C7H13O4. The van der Waals surface area contributed by atoms with E-state index in [0.717, 1.165) is 0 Å². The molecule has 0 saturated heterocycles. The molecule has 0 aliphatic carbocycles. The fourth-order valence-electron chi connectivity index (χ4n) is 0.613. The lowest BCUT2D eigenvalue weighted by Gasteiger charge is -2.15. The van der Waals surface area contributed by atoms with Crippen LogP contribution in [0.3, 0.4) is 0 Å². The van der Waals surface area contributed by atoms with Crippen molar-refractivity contribution >= 4 is 6.47 Å². The van der Waals surface area contributed by atoms with E-state index in [-0.39, 0.29) is 6.10 Å².